The minimum atomic E-state index is 0.0800. The van der Waals surface area contributed by atoms with Gasteiger partial charge in [-0.15, -0.1) is 0 Å². The molecule has 104 valence electrons. The molecule has 1 aliphatic heterocycles. The quantitative estimate of drug-likeness (QED) is 0.771. The van der Waals surface area contributed by atoms with Gasteiger partial charge in [-0.3, -0.25) is 4.79 Å². The fourth-order valence-corrected chi connectivity index (χ4v) is 2.60. The van der Waals surface area contributed by atoms with Gasteiger partial charge in [0.25, 0.3) is 5.91 Å². The van der Waals surface area contributed by atoms with Crippen molar-refractivity contribution in [1.82, 2.24) is 0 Å². The van der Waals surface area contributed by atoms with Crippen LogP contribution in [0.1, 0.15) is 18.1 Å². The Balaban J connectivity index is 1.93. The molecule has 1 aliphatic rings. The number of allylic oxidation sites excluding steroid dienone is 2. The number of carbonyl (C=O) groups is 1. The number of likely N-dealkylation sites (N-methyl/N-ethyl adjacent to an activating group) is 1. The van der Waals surface area contributed by atoms with Crippen molar-refractivity contribution in [3.8, 4) is 0 Å². The highest BCUT2D eigenvalue weighted by Crippen LogP contribution is 2.36. The Labute approximate surface area is 125 Å². The van der Waals surface area contributed by atoms with Crippen LogP contribution >= 0.6 is 0 Å². The van der Waals surface area contributed by atoms with Crippen LogP contribution in [-0.2, 0) is 4.79 Å². The monoisotopic (exact) mass is 275 g/mol. The van der Waals surface area contributed by atoms with Crippen molar-refractivity contribution in [3.05, 3.63) is 77.9 Å². The zero-order valence-corrected chi connectivity index (χ0v) is 12.0. The molecule has 0 aliphatic carbocycles. The van der Waals surface area contributed by atoms with Crippen molar-refractivity contribution in [2.75, 3.05) is 11.4 Å². The first kappa shape index (κ1) is 13.4. The van der Waals surface area contributed by atoms with Gasteiger partial charge in [-0.25, -0.2) is 0 Å². The SMILES string of the molecule is CCN1C(=O)/C(=C\C=C\c2ccccc2)c2ccccc21. The number of rotatable bonds is 3. The van der Waals surface area contributed by atoms with E-state index in [1.807, 2.05) is 84.6 Å². The third kappa shape index (κ3) is 2.52. The smallest absolute Gasteiger partial charge is 0.258 e. The number of hydrogen-bond acceptors (Lipinski definition) is 1. The molecule has 2 nitrogen and oxygen atoms in total. The number of anilines is 1. The molecule has 2 aromatic rings. The molecule has 0 aromatic heterocycles. The molecule has 1 heterocycles. The molecule has 0 saturated carbocycles. The van der Waals surface area contributed by atoms with Crippen LogP contribution in [0.25, 0.3) is 11.6 Å². The van der Waals surface area contributed by atoms with E-state index in [-0.39, 0.29) is 5.91 Å². The maximum atomic E-state index is 12.5. The van der Waals surface area contributed by atoms with Gasteiger partial charge >= 0.3 is 0 Å². The number of para-hydroxylation sites is 1. The number of carbonyl (C=O) groups excluding carboxylic acids is 1. The summed E-state index contributed by atoms with van der Waals surface area (Å²) < 4.78 is 0. The Morgan fingerprint density at radius 3 is 2.48 bits per heavy atom. The van der Waals surface area contributed by atoms with Gasteiger partial charge in [0.05, 0.1) is 5.69 Å². The van der Waals surface area contributed by atoms with Crippen molar-refractivity contribution >= 4 is 23.2 Å². The standard InChI is InChI=1S/C19H17NO/c1-2-20-18-14-7-6-12-16(18)17(19(20)21)13-8-11-15-9-4-3-5-10-15/h3-14H,2H2,1H3/b11-8+,17-13-. The molecule has 1 amide bonds. The summed E-state index contributed by atoms with van der Waals surface area (Å²) in [4.78, 5) is 14.3. The summed E-state index contributed by atoms with van der Waals surface area (Å²) in [6, 6.07) is 18.0. The molecule has 0 saturated heterocycles. The van der Waals surface area contributed by atoms with Crippen LogP contribution in [-0.4, -0.2) is 12.5 Å². The molecular weight excluding hydrogens is 258 g/mol. The van der Waals surface area contributed by atoms with Crippen LogP contribution < -0.4 is 4.90 Å². The molecule has 2 heteroatoms. The maximum Gasteiger partial charge on any atom is 0.258 e. The van der Waals surface area contributed by atoms with E-state index >= 15 is 0 Å². The summed E-state index contributed by atoms with van der Waals surface area (Å²) in [6.07, 6.45) is 5.86. The Morgan fingerprint density at radius 1 is 1.00 bits per heavy atom. The van der Waals surface area contributed by atoms with Gasteiger partial charge in [0.2, 0.25) is 0 Å². The summed E-state index contributed by atoms with van der Waals surface area (Å²) in [6.45, 7) is 2.69. The first-order valence-electron chi connectivity index (χ1n) is 7.16. The van der Waals surface area contributed by atoms with E-state index < -0.39 is 0 Å². The average molecular weight is 275 g/mol. The van der Waals surface area contributed by atoms with Crippen molar-refractivity contribution in [3.63, 3.8) is 0 Å². The fourth-order valence-electron chi connectivity index (χ4n) is 2.60. The van der Waals surface area contributed by atoms with E-state index in [0.29, 0.717) is 6.54 Å². The van der Waals surface area contributed by atoms with Gasteiger partial charge in [-0.05, 0) is 24.6 Å². The van der Waals surface area contributed by atoms with Crippen LogP contribution in [0.3, 0.4) is 0 Å². The summed E-state index contributed by atoms with van der Waals surface area (Å²) in [5.41, 5.74) is 3.91. The van der Waals surface area contributed by atoms with E-state index in [2.05, 4.69) is 0 Å². The van der Waals surface area contributed by atoms with E-state index in [1.54, 1.807) is 0 Å². The molecule has 0 N–H and O–H groups in total. The predicted molar refractivity (Wildman–Crippen MR) is 87.9 cm³/mol. The van der Waals surface area contributed by atoms with Crippen LogP contribution in [0.2, 0.25) is 0 Å². The van der Waals surface area contributed by atoms with Crippen molar-refractivity contribution in [2.24, 2.45) is 0 Å². The number of benzene rings is 2. The minimum absolute atomic E-state index is 0.0800. The molecule has 0 bridgehead atoms. The second kappa shape index (κ2) is 5.80. The first-order chi connectivity index (χ1) is 10.3. The van der Waals surface area contributed by atoms with E-state index in [0.717, 1.165) is 22.4 Å². The highest BCUT2D eigenvalue weighted by molar-refractivity contribution is 6.32. The fraction of sp³-hybridized carbons (Fsp3) is 0.105. The van der Waals surface area contributed by atoms with Gasteiger partial charge < -0.3 is 4.90 Å². The molecule has 0 radical (unpaired) electrons. The number of fused-ring (bicyclic) bond motifs is 1. The Kier molecular flexibility index (Phi) is 3.69. The lowest BCUT2D eigenvalue weighted by Gasteiger charge is -2.13. The van der Waals surface area contributed by atoms with Crippen molar-refractivity contribution < 1.29 is 4.79 Å². The van der Waals surface area contributed by atoms with Gasteiger partial charge in [0, 0.05) is 17.7 Å². The van der Waals surface area contributed by atoms with Crippen molar-refractivity contribution in [1.29, 1.82) is 0 Å². The lowest BCUT2D eigenvalue weighted by Crippen LogP contribution is -2.25. The largest absolute Gasteiger partial charge is 0.308 e. The lowest BCUT2D eigenvalue weighted by atomic mass is 10.1. The van der Waals surface area contributed by atoms with Crippen LogP contribution in [0, 0.1) is 0 Å². The number of amides is 1. The Bertz CT molecular complexity index is 713. The topological polar surface area (TPSA) is 20.3 Å². The first-order valence-corrected chi connectivity index (χ1v) is 7.16. The van der Waals surface area contributed by atoms with Gasteiger partial charge in [-0.2, -0.15) is 0 Å². The normalized spacial score (nSPS) is 16.0. The lowest BCUT2D eigenvalue weighted by molar-refractivity contribution is -0.112. The van der Waals surface area contributed by atoms with Crippen LogP contribution in [0.4, 0.5) is 5.69 Å². The summed E-state index contributed by atoms with van der Waals surface area (Å²) in [5.74, 6) is 0.0800. The van der Waals surface area contributed by atoms with Crippen LogP contribution in [0.5, 0.6) is 0 Å². The zero-order chi connectivity index (χ0) is 14.7. The molecule has 0 unspecified atom stereocenters. The third-order valence-corrected chi connectivity index (χ3v) is 3.63. The van der Waals surface area contributed by atoms with Gasteiger partial charge in [-0.1, -0.05) is 60.7 Å². The van der Waals surface area contributed by atoms with E-state index in [9.17, 15) is 4.79 Å². The molecule has 3 rings (SSSR count). The summed E-state index contributed by atoms with van der Waals surface area (Å²) in [7, 11) is 0. The highest BCUT2D eigenvalue weighted by atomic mass is 16.2. The number of hydrogen-bond donors (Lipinski definition) is 0. The summed E-state index contributed by atoms with van der Waals surface area (Å²) in [5, 5.41) is 0. The maximum absolute atomic E-state index is 12.5. The van der Waals surface area contributed by atoms with E-state index in [4.69, 9.17) is 0 Å². The van der Waals surface area contributed by atoms with E-state index in [1.165, 1.54) is 0 Å². The Hall–Kier alpha value is -2.61. The van der Waals surface area contributed by atoms with Gasteiger partial charge in [0.1, 0.15) is 0 Å². The molecule has 2 aromatic carbocycles. The predicted octanol–water partition coefficient (Wildman–Crippen LogP) is 4.15. The highest BCUT2D eigenvalue weighted by Gasteiger charge is 2.30. The number of nitrogens with zero attached hydrogens (tertiary/aromatic N) is 1. The third-order valence-electron chi connectivity index (χ3n) is 3.63. The second-order valence-corrected chi connectivity index (χ2v) is 4.92. The van der Waals surface area contributed by atoms with Crippen molar-refractivity contribution in [2.45, 2.75) is 6.92 Å². The Morgan fingerprint density at radius 2 is 1.71 bits per heavy atom. The molecule has 21 heavy (non-hydrogen) atoms. The van der Waals surface area contributed by atoms with Crippen LogP contribution in [0.15, 0.2) is 66.7 Å². The molecular formula is C19H17NO. The molecule has 0 spiro atoms. The van der Waals surface area contributed by atoms with Gasteiger partial charge in [0.15, 0.2) is 0 Å². The summed E-state index contributed by atoms with van der Waals surface area (Å²) >= 11 is 0. The zero-order valence-electron chi connectivity index (χ0n) is 12.0. The molecule has 0 atom stereocenters. The second-order valence-electron chi connectivity index (χ2n) is 4.92. The minimum Gasteiger partial charge on any atom is -0.308 e. The molecule has 0 fully saturated rings. The average Bonchev–Trinajstić information content (AvgIpc) is 2.80.